The van der Waals surface area contributed by atoms with Crippen LogP contribution in [-0.4, -0.2) is 22.7 Å². The number of hydrogen-bond acceptors (Lipinski definition) is 3. The van der Waals surface area contributed by atoms with Crippen LogP contribution >= 0.6 is 0 Å². The second-order valence-electron chi connectivity index (χ2n) is 1.89. The number of nitrogens with zero attached hydrogens (tertiary/aromatic N) is 1. The van der Waals surface area contributed by atoms with Gasteiger partial charge in [-0.2, -0.15) is 0 Å². The van der Waals surface area contributed by atoms with E-state index in [1.165, 1.54) is 12.3 Å². The summed E-state index contributed by atoms with van der Waals surface area (Å²) in [6.07, 6.45) is 1.65. The van der Waals surface area contributed by atoms with Crippen LogP contribution in [0.15, 0.2) is 17.3 Å². The lowest BCUT2D eigenvalue weighted by atomic mass is 10.1. The first-order chi connectivity index (χ1) is 4.22. The van der Waals surface area contributed by atoms with E-state index in [9.17, 15) is 4.79 Å². The van der Waals surface area contributed by atoms with E-state index in [1.807, 2.05) is 0 Å². The number of aliphatic imine (C=N–C) groups is 1. The van der Waals surface area contributed by atoms with Crippen molar-refractivity contribution in [3.8, 4) is 0 Å². The van der Waals surface area contributed by atoms with Crippen LogP contribution in [-0.2, 0) is 4.79 Å². The van der Waals surface area contributed by atoms with Crippen molar-refractivity contribution in [2.24, 2.45) is 4.99 Å². The van der Waals surface area contributed by atoms with E-state index in [-0.39, 0.29) is 5.78 Å². The zero-order valence-corrected chi connectivity index (χ0v) is 5.03. The molecule has 1 N–H and O–H groups in total. The van der Waals surface area contributed by atoms with E-state index in [0.29, 0.717) is 5.71 Å². The molecular formula is C6H7NO2. The molecule has 1 rings (SSSR count). The molecule has 0 saturated carbocycles. The summed E-state index contributed by atoms with van der Waals surface area (Å²) < 4.78 is 0. The van der Waals surface area contributed by atoms with E-state index >= 15 is 0 Å². The van der Waals surface area contributed by atoms with Crippen molar-refractivity contribution in [2.45, 2.75) is 13.0 Å². The fourth-order valence-electron chi connectivity index (χ4n) is 0.596. The first kappa shape index (κ1) is 6.16. The molecule has 0 aromatic carbocycles. The van der Waals surface area contributed by atoms with Gasteiger partial charge in [-0.05, 0) is 6.92 Å². The zero-order chi connectivity index (χ0) is 6.85. The van der Waals surface area contributed by atoms with E-state index in [4.69, 9.17) is 5.11 Å². The molecule has 3 heteroatoms. The number of carbonyl (C=O) groups is 1. The van der Waals surface area contributed by atoms with Crippen LogP contribution in [0.1, 0.15) is 6.92 Å². The normalized spacial score (nSPS) is 26.2. The number of aliphatic hydroxyl groups is 1. The van der Waals surface area contributed by atoms with Crippen molar-refractivity contribution < 1.29 is 9.90 Å². The van der Waals surface area contributed by atoms with Crippen LogP contribution < -0.4 is 0 Å². The van der Waals surface area contributed by atoms with Crippen LogP contribution in [0.5, 0.6) is 0 Å². The Kier molecular flexibility index (Phi) is 1.44. The van der Waals surface area contributed by atoms with Crippen LogP contribution in [0, 0.1) is 0 Å². The molecule has 0 amide bonds. The minimum absolute atomic E-state index is 0.289. The lowest BCUT2D eigenvalue weighted by Crippen LogP contribution is -2.28. The predicted molar refractivity (Wildman–Crippen MR) is 33.3 cm³/mol. The summed E-state index contributed by atoms with van der Waals surface area (Å²) in [6, 6.07) is 0. The van der Waals surface area contributed by atoms with Gasteiger partial charge >= 0.3 is 0 Å². The highest BCUT2D eigenvalue weighted by molar-refractivity contribution is 6.12. The molecule has 0 fully saturated rings. The highest BCUT2D eigenvalue weighted by Crippen LogP contribution is 1.98. The second-order valence-corrected chi connectivity index (χ2v) is 1.89. The Labute approximate surface area is 52.7 Å². The number of ketones is 1. The Morgan fingerprint density at radius 2 is 2.44 bits per heavy atom. The van der Waals surface area contributed by atoms with Crippen molar-refractivity contribution in [1.82, 2.24) is 0 Å². The largest absolute Gasteiger partial charge is 0.379 e. The number of carbonyl (C=O) groups excluding carboxylic acids is 1. The molecule has 1 heterocycles. The zero-order valence-electron chi connectivity index (χ0n) is 5.03. The molecule has 0 unspecified atom stereocenters. The fraction of sp³-hybridized carbons (Fsp3) is 0.333. The molecule has 0 spiro atoms. The monoisotopic (exact) mass is 125 g/mol. The summed E-state index contributed by atoms with van der Waals surface area (Å²) >= 11 is 0. The Bertz CT molecular complexity index is 193. The topological polar surface area (TPSA) is 49.7 Å². The van der Waals surface area contributed by atoms with Gasteiger partial charge in [0.25, 0.3) is 0 Å². The molecule has 0 radical (unpaired) electrons. The van der Waals surface area contributed by atoms with Crippen molar-refractivity contribution >= 4 is 11.5 Å². The minimum Gasteiger partial charge on any atom is -0.379 e. The van der Waals surface area contributed by atoms with Gasteiger partial charge in [-0.1, -0.05) is 0 Å². The highest BCUT2D eigenvalue weighted by atomic mass is 16.3. The Hall–Kier alpha value is -0.960. The third kappa shape index (κ3) is 1.05. The summed E-state index contributed by atoms with van der Waals surface area (Å²) in [6.45, 7) is 1.62. The third-order valence-electron chi connectivity index (χ3n) is 1.18. The maximum Gasteiger partial charge on any atom is 0.191 e. The predicted octanol–water partition coefficient (Wildman–Crippen LogP) is -0.0954. The second kappa shape index (κ2) is 2.11. The quantitative estimate of drug-likeness (QED) is 0.491. The summed E-state index contributed by atoms with van der Waals surface area (Å²) in [5.74, 6) is -0.289. The van der Waals surface area contributed by atoms with Crippen LogP contribution in [0.2, 0.25) is 0 Å². The average molecular weight is 125 g/mol. The smallest absolute Gasteiger partial charge is 0.191 e. The van der Waals surface area contributed by atoms with E-state index in [2.05, 4.69) is 4.99 Å². The maximum atomic E-state index is 10.6. The molecule has 1 aliphatic rings. The van der Waals surface area contributed by atoms with Gasteiger partial charge < -0.3 is 5.11 Å². The van der Waals surface area contributed by atoms with E-state index in [0.717, 1.165) is 0 Å². The van der Waals surface area contributed by atoms with E-state index < -0.39 is 6.10 Å². The van der Waals surface area contributed by atoms with Crippen molar-refractivity contribution in [3.63, 3.8) is 0 Å². The van der Waals surface area contributed by atoms with E-state index in [1.54, 1.807) is 6.92 Å². The molecule has 0 aliphatic carbocycles. The summed E-state index contributed by atoms with van der Waals surface area (Å²) in [4.78, 5) is 14.3. The van der Waals surface area contributed by atoms with Crippen molar-refractivity contribution in [1.29, 1.82) is 0 Å². The summed E-state index contributed by atoms with van der Waals surface area (Å²) in [5.41, 5.74) is 0.461. The lowest BCUT2D eigenvalue weighted by Gasteiger charge is -2.07. The summed E-state index contributed by atoms with van der Waals surface area (Å²) in [5, 5.41) is 8.91. The van der Waals surface area contributed by atoms with Gasteiger partial charge in [0, 0.05) is 12.3 Å². The van der Waals surface area contributed by atoms with Crippen molar-refractivity contribution in [3.05, 3.63) is 12.3 Å². The molecule has 0 aromatic heterocycles. The van der Waals surface area contributed by atoms with Gasteiger partial charge in [0.1, 0.15) is 0 Å². The van der Waals surface area contributed by atoms with Gasteiger partial charge in [-0.15, -0.1) is 0 Å². The molecule has 0 aromatic rings. The lowest BCUT2D eigenvalue weighted by molar-refractivity contribution is -0.119. The molecule has 9 heavy (non-hydrogen) atoms. The van der Waals surface area contributed by atoms with Crippen LogP contribution in [0.3, 0.4) is 0 Å². The van der Waals surface area contributed by atoms with Gasteiger partial charge in [0.15, 0.2) is 11.9 Å². The number of aliphatic hydroxyl groups excluding tert-OH is 1. The Morgan fingerprint density at radius 3 is 2.89 bits per heavy atom. The molecular weight excluding hydrogens is 118 g/mol. The minimum atomic E-state index is -1.00. The Morgan fingerprint density at radius 1 is 1.78 bits per heavy atom. The van der Waals surface area contributed by atoms with Gasteiger partial charge in [-0.3, -0.25) is 9.79 Å². The van der Waals surface area contributed by atoms with Crippen LogP contribution in [0.25, 0.3) is 0 Å². The molecule has 1 aliphatic heterocycles. The number of rotatable bonds is 0. The maximum absolute atomic E-state index is 10.6. The Balaban J connectivity index is 2.86. The van der Waals surface area contributed by atoms with Crippen LogP contribution in [0.4, 0.5) is 0 Å². The first-order valence-corrected chi connectivity index (χ1v) is 2.64. The summed E-state index contributed by atoms with van der Waals surface area (Å²) in [7, 11) is 0. The SMILES string of the molecule is CC1=NC=CC(=O)[C@@H]1O. The molecule has 0 saturated heterocycles. The van der Waals surface area contributed by atoms with Gasteiger partial charge in [0.05, 0.1) is 5.71 Å². The third-order valence-corrected chi connectivity index (χ3v) is 1.18. The molecule has 0 bridgehead atoms. The first-order valence-electron chi connectivity index (χ1n) is 2.64. The standard InChI is InChI=1S/C6H7NO2/c1-4-6(9)5(8)2-3-7-4/h2-3,6,9H,1H3/t6-/m1/s1. The van der Waals surface area contributed by atoms with Gasteiger partial charge in [0.2, 0.25) is 0 Å². The van der Waals surface area contributed by atoms with Gasteiger partial charge in [-0.25, -0.2) is 0 Å². The number of hydrogen-bond donors (Lipinski definition) is 1. The van der Waals surface area contributed by atoms with Crippen molar-refractivity contribution in [2.75, 3.05) is 0 Å². The fourth-order valence-corrected chi connectivity index (χ4v) is 0.596. The molecule has 3 nitrogen and oxygen atoms in total. The molecule has 1 atom stereocenters. The highest BCUT2D eigenvalue weighted by Gasteiger charge is 2.16. The average Bonchev–Trinajstić information content (AvgIpc) is 1.83. The molecule has 48 valence electrons.